The van der Waals surface area contributed by atoms with Crippen LogP contribution in [0, 0.1) is 25.5 Å². The number of aliphatic imine (C=N–C) groups is 1. The summed E-state index contributed by atoms with van der Waals surface area (Å²) in [5.41, 5.74) is 2.36. The van der Waals surface area contributed by atoms with Crippen molar-refractivity contribution in [2.75, 3.05) is 18.9 Å². The fraction of sp³-hybridized carbons (Fsp3) is 0.278. The number of halogens is 2. The molecule has 0 aliphatic rings. The summed E-state index contributed by atoms with van der Waals surface area (Å²) in [6, 6.07) is 7.97. The van der Waals surface area contributed by atoms with E-state index < -0.39 is 5.82 Å². The van der Waals surface area contributed by atoms with Gasteiger partial charge < -0.3 is 10.2 Å². The van der Waals surface area contributed by atoms with Gasteiger partial charge >= 0.3 is 0 Å². The maximum absolute atomic E-state index is 14.3. The van der Waals surface area contributed by atoms with Crippen LogP contribution in [0.25, 0.3) is 0 Å². The molecular weight excluding hydrogens is 296 g/mol. The average molecular weight is 317 g/mol. The van der Waals surface area contributed by atoms with Gasteiger partial charge in [-0.1, -0.05) is 12.1 Å². The lowest BCUT2D eigenvalue weighted by atomic mass is 10.1. The largest absolute Gasteiger partial charge is 0.366 e. The molecule has 0 bridgehead atoms. The Balaban J connectivity index is 2.30. The van der Waals surface area contributed by atoms with Crippen LogP contribution in [0.4, 0.5) is 25.8 Å². The minimum Gasteiger partial charge on any atom is -0.366 e. The summed E-state index contributed by atoms with van der Waals surface area (Å²) in [7, 11) is 1.89. The Morgan fingerprint density at radius 2 is 1.87 bits per heavy atom. The van der Waals surface area contributed by atoms with Gasteiger partial charge in [0.15, 0.2) is 0 Å². The topological polar surface area (TPSA) is 27.6 Å². The van der Waals surface area contributed by atoms with Crippen molar-refractivity contribution in [1.82, 2.24) is 4.90 Å². The van der Waals surface area contributed by atoms with Gasteiger partial charge in [-0.25, -0.2) is 13.8 Å². The molecule has 0 radical (unpaired) electrons. The van der Waals surface area contributed by atoms with E-state index >= 15 is 0 Å². The zero-order valence-corrected chi connectivity index (χ0v) is 13.8. The molecule has 0 aliphatic heterocycles. The summed E-state index contributed by atoms with van der Waals surface area (Å²) in [5, 5.41) is 2.81. The van der Waals surface area contributed by atoms with Crippen LogP contribution in [-0.4, -0.2) is 24.8 Å². The highest BCUT2D eigenvalue weighted by atomic mass is 19.1. The number of anilines is 2. The van der Waals surface area contributed by atoms with Crippen molar-refractivity contribution in [2.24, 2.45) is 4.99 Å². The molecule has 0 unspecified atom stereocenters. The summed E-state index contributed by atoms with van der Waals surface area (Å²) >= 11 is 0. The minimum atomic E-state index is -0.470. The molecule has 0 aliphatic carbocycles. The molecule has 5 heteroatoms. The van der Waals surface area contributed by atoms with Gasteiger partial charge in [-0.15, -0.1) is 0 Å². The van der Waals surface area contributed by atoms with Crippen molar-refractivity contribution in [2.45, 2.75) is 20.8 Å². The molecular formula is C18H21F2N3. The van der Waals surface area contributed by atoms with E-state index in [4.69, 9.17) is 0 Å². The Hall–Kier alpha value is -2.43. The first-order valence-electron chi connectivity index (χ1n) is 7.49. The third-order valence-electron chi connectivity index (χ3n) is 3.64. The Morgan fingerprint density at radius 3 is 2.57 bits per heavy atom. The van der Waals surface area contributed by atoms with E-state index in [0.29, 0.717) is 11.3 Å². The lowest BCUT2D eigenvalue weighted by Gasteiger charge is -2.13. The third kappa shape index (κ3) is 4.06. The zero-order chi connectivity index (χ0) is 17.0. The second-order valence-corrected chi connectivity index (χ2v) is 5.50. The lowest BCUT2D eigenvalue weighted by Crippen LogP contribution is -2.14. The Labute approximate surface area is 135 Å². The van der Waals surface area contributed by atoms with E-state index in [9.17, 15) is 8.78 Å². The Bertz CT molecular complexity index is 726. The molecule has 1 N–H and O–H groups in total. The van der Waals surface area contributed by atoms with Crippen molar-refractivity contribution in [3.8, 4) is 0 Å². The van der Waals surface area contributed by atoms with E-state index in [2.05, 4.69) is 10.3 Å². The predicted octanol–water partition coefficient (Wildman–Crippen LogP) is 4.94. The van der Waals surface area contributed by atoms with Crippen LogP contribution in [0.15, 0.2) is 35.3 Å². The highest BCUT2D eigenvalue weighted by Crippen LogP contribution is 2.29. The fourth-order valence-corrected chi connectivity index (χ4v) is 2.04. The van der Waals surface area contributed by atoms with Gasteiger partial charge in [-0.2, -0.15) is 0 Å². The molecule has 2 aromatic rings. The van der Waals surface area contributed by atoms with Gasteiger partial charge in [0.25, 0.3) is 0 Å². The first-order valence-corrected chi connectivity index (χ1v) is 7.49. The molecule has 0 heterocycles. The van der Waals surface area contributed by atoms with Gasteiger partial charge in [0.2, 0.25) is 0 Å². The first-order chi connectivity index (χ1) is 10.9. The molecule has 0 amide bonds. The molecule has 23 heavy (non-hydrogen) atoms. The molecule has 0 fully saturated rings. The average Bonchev–Trinajstić information content (AvgIpc) is 2.53. The number of benzene rings is 2. The molecule has 2 rings (SSSR count). The number of rotatable bonds is 5. The van der Waals surface area contributed by atoms with Crippen LogP contribution in [-0.2, 0) is 0 Å². The maximum atomic E-state index is 14.3. The Kier molecular flexibility index (Phi) is 5.32. The molecule has 3 nitrogen and oxygen atoms in total. The molecule has 0 saturated heterocycles. The van der Waals surface area contributed by atoms with Crippen molar-refractivity contribution >= 4 is 23.4 Å². The summed E-state index contributed by atoms with van der Waals surface area (Å²) in [5.74, 6) is -0.848. The normalized spacial score (nSPS) is 11.0. The van der Waals surface area contributed by atoms with Gasteiger partial charge in [-0.3, -0.25) is 0 Å². The molecule has 0 spiro atoms. The lowest BCUT2D eigenvalue weighted by molar-refractivity contribution is 0.552. The monoisotopic (exact) mass is 317 g/mol. The molecule has 0 saturated carbocycles. The first kappa shape index (κ1) is 16.9. The van der Waals surface area contributed by atoms with Gasteiger partial charge in [0.05, 0.1) is 23.4 Å². The number of nitrogens with one attached hydrogen (secondary N) is 1. The summed E-state index contributed by atoms with van der Waals surface area (Å²) < 4.78 is 28.3. The molecule has 0 atom stereocenters. The molecule has 122 valence electrons. The van der Waals surface area contributed by atoms with Crippen LogP contribution in [0.5, 0.6) is 0 Å². The van der Waals surface area contributed by atoms with E-state index in [1.807, 2.05) is 25.8 Å². The number of hydrogen-bond acceptors (Lipinski definition) is 2. The van der Waals surface area contributed by atoms with E-state index in [0.717, 1.165) is 12.1 Å². The number of aryl methyl sites for hydroxylation is 2. The summed E-state index contributed by atoms with van der Waals surface area (Å²) in [6.07, 6.45) is 1.66. The van der Waals surface area contributed by atoms with Crippen LogP contribution < -0.4 is 5.32 Å². The predicted molar refractivity (Wildman–Crippen MR) is 92.0 cm³/mol. The van der Waals surface area contributed by atoms with Crippen molar-refractivity contribution in [3.05, 3.63) is 53.1 Å². The molecule has 2 aromatic carbocycles. The van der Waals surface area contributed by atoms with Gasteiger partial charge in [0.1, 0.15) is 11.6 Å². The standard InChI is InChI=1S/C18H21F2N3/c1-5-23(4)11-21-16-10-14(19)17(9-13(16)3)22-15-8-6-7-12(2)18(15)20/h6-11,22H,5H2,1-4H3. The van der Waals surface area contributed by atoms with Crippen molar-refractivity contribution < 1.29 is 8.78 Å². The summed E-state index contributed by atoms with van der Waals surface area (Å²) in [6.45, 7) is 6.33. The fourth-order valence-electron chi connectivity index (χ4n) is 2.04. The Morgan fingerprint density at radius 1 is 1.13 bits per heavy atom. The highest BCUT2D eigenvalue weighted by Gasteiger charge is 2.10. The zero-order valence-electron chi connectivity index (χ0n) is 13.8. The van der Waals surface area contributed by atoms with Crippen LogP contribution in [0.2, 0.25) is 0 Å². The number of hydrogen-bond donors (Lipinski definition) is 1. The SMILES string of the molecule is CCN(C)C=Nc1cc(F)c(Nc2cccc(C)c2F)cc1C. The van der Waals surface area contributed by atoms with E-state index in [-0.39, 0.29) is 17.2 Å². The highest BCUT2D eigenvalue weighted by molar-refractivity contribution is 5.68. The van der Waals surface area contributed by atoms with Crippen LogP contribution in [0.3, 0.4) is 0 Å². The third-order valence-corrected chi connectivity index (χ3v) is 3.64. The number of nitrogens with zero attached hydrogens (tertiary/aromatic N) is 2. The second-order valence-electron chi connectivity index (χ2n) is 5.50. The maximum Gasteiger partial charge on any atom is 0.149 e. The quantitative estimate of drug-likeness (QED) is 0.625. The second kappa shape index (κ2) is 7.22. The smallest absolute Gasteiger partial charge is 0.149 e. The minimum absolute atomic E-state index is 0.231. The van der Waals surface area contributed by atoms with Gasteiger partial charge in [-0.05, 0) is 44.0 Å². The molecule has 0 aromatic heterocycles. The summed E-state index contributed by atoms with van der Waals surface area (Å²) in [4.78, 5) is 6.17. The van der Waals surface area contributed by atoms with Crippen molar-refractivity contribution in [3.63, 3.8) is 0 Å². The van der Waals surface area contributed by atoms with Crippen LogP contribution in [0.1, 0.15) is 18.1 Å². The van der Waals surface area contributed by atoms with E-state index in [1.54, 1.807) is 37.5 Å². The van der Waals surface area contributed by atoms with E-state index in [1.165, 1.54) is 6.07 Å². The van der Waals surface area contributed by atoms with Gasteiger partial charge in [0, 0.05) is 19.7 Å². The van der Waals surface area contributed by atoms with Crippen molar-refractivity contribution in [1.29, 1.82) is 0 Å². The van der Waals surface area contributed by atoms with Crippen LogP contribution >= 0.6 is 0 Å².